The van der Waals surface area contributed by atoms with Crippen LogP contribution in [-0.2, 0) is 0 Å². The van der Waals surface area contributed by atoms with Gasteiger partial charge in [-0.15, -0.1) is 11.8 Å². The molecule has 2 aromatic rings. The van der Waals surface area contributed by atoms with Gasteiger partial charge in [-0.1, -0.05) is 48.2 Å². The highest BCUT2D eigenvalue weighted by Crippen LogP contribution is 2.16. The first-order chi connectivity index (χ1) is 11.7. The van der Waals surface area contributed by atoms with Gasteiger partial charge in [-0.25, -0.2) is 4.99 Å². The van der Waals surface area contributed by atoms with E-state index in [1.807, 2.05) is 60.7 Å². The molecule has 0 aromatic heterocycles. The fourth-order valence-electron chi connectivity index (χ4n) is 1.99. The summed E-state index contributed by atoms with van der Waals surface area (Å²) in [6.45, 7) is 0. The molecule has 0 spiro atoms. The van der Waals surface area contributed by atoms with Crippen LogP contribution >= 0.6 is 23.5 Å². The van der Waals surface area contributed by atoms with Crippen LogP contribution in [0.1, 0.15) is 12.8 Å². The van der Waals surface area contributed by atoms with Gasteiger partial charge in [0, 0.05) is 11.4 Å². The first kappa shape index (κ1) is 18.7. The molecule has 6 heteroatoms. The Hall–Kier alpha value is -1.63. The Morgan fingerprint density at radius 1 is 0.958 bits per heavy atom. The van der Waals surface area contributed by atoms with E-state index in [-0.39, 0.29) is 5.50 Å². The molecule has 0 saturated carbocycles. The van der Waals surface area contributed by atoms with Crippen LogP contribution in [0, 0.1) is 0 Å². The first-order valence-electron chi connectivity index (χ1n) is 7.95. The molecule has 0 fully saturated rings. The summed E-state index contributed by atoms with van der Waals surface area (Å²) in [5.41, 5.74) is 13.9. The van der Waals surface area contributed by atoms with Crippen LogP contribution in [0.5, 0.6) is 0 Å². The molecule has 2 aromatic carbocycles. The number of hydrogen-bond donors (Lipinski definition) is 3. The number of aliphatic imine (C=N–C) groups is 1. The minimum Gasteiger partial charge on any atom is -0.378 e. The zero-order chi connectivity index (χ0) is 17.0. The Labute approximate surface area is 152 Å². The van der Waals surface area contributed by atoms with Crippen LogP contribution in [0.25, 0.3) is 0 Å². The Morgan fingerprint density at radius 2 is 1.58 bits per heavy atom. The Kier molecular flexibility index (Phi) is 8.59. The van der Waals surface area contributed by atoms with Crippen molar-refractivity contribution >= 4 is 40.1 Å². The van der Waals surface area contributed by atoms with Crippen molar-refractivity contribution in [2.45, 2.75) is 18.3 Å². The number of unbranched alkanes of at least 4 members (excludes halogenated alkanes) is 1. The highest BCUT2D eigenvalue weighted by Gasteiger charge is 2.02. The summed E-state index contributed by atoms with van der Waals surface area (Å²) >= 11 is 3.33. The van der Waals surface area contributed by atoms with Gasteiger partial charge in [0.1, 0.15) is 5.50 Å². The lowest BCUT2D eigenvalue weighted by atomic mass is 10.3. The van der Waals surface area contributed by atoms with Gasteiger partial charge >= 0.3 is 0 Å². The van der Waals surface area contributed by atoms with Crippen molar-refractivity contribution in [3.8, 4) is 0 Å². The van der Waals surface area contributed by atoms with E-state index >= 15 is 0 Å². The molecule has 0 aliphatic heterocycles. The summed E-state index contributed by atoms with van der Waals surface area (Å²) in [5.74, 6) is 2.00. The largest absolute Gasteiger partial charge is 0.378 e. The Morgan fingerprint density at radius 3 is 2.29 bits per heavy atom. The SMILES string of the molecule is NC(=Nc1ccccc1)SCCCCSC(N)Nc1ccccc1. The molecule has 0 saturated heterocycles. The van der Waals surface area contributed by atoms with Crippen LogP contribution in [0.4, 0.5) is 11.4 Å². The molecule has 0 amide bonds. The second kappa shape index (κ2) is 11.0. The van der Waals surface area contributed by atoms with Crippen LogP contribution < -0.4 is 16.8 Å². The summed E-state index contributed by atoms with van der Waals surface area (Å²) in [6, 6.07) is 19.8. The van der Waals surface area contributed by atoms with Crippen molar-refractivity contribution in [3.63, 3.8) is 0 Å². The summed E-state index contributed by atoms with van der Waals surface area (Å²) in [6.07, 6.45) is 2.21. The molecule has 24 heavy (non-hydrogen) atoms. The standard InChI is InChI=1S/C18H24N4S2/c19-17(21-15-9-3-1-4-10-15)23-13-7-8-14-24-18(20)22-16-11-5-2-6-12-16/h1-6,9-12,17,21H,7-8,13-14,19H2,(H2,20,22). The molecule has 0 aliphatic carbocycles. The summed E-state index contributed by atoms with van der Waals surface area (Å²) in [5, 5.41) is 3.90. The Bertz CT molecular complexity index is 605. The lowest BCUT2D eigenvalue weighted by Gasteiger charge is -2.14. The number of amidine groups is 1. The maximum absolute atomic E-state index is 6.06. The van der Waals surface area contributed by atoms with Crippen molar-refractivity contribution in [1.82, 2.24) is 0 Å². The normalized spacial score (nSPS) is 12.8. The van der Waals surface area contributed by atoms with E-state index < -0.39 is 0 Å². The molecule has 1 atom stereocenters. The van der Waals surface area contributed by atoms with Crippen LogP contribution in [0.3, 0.4) is 0 Å². The molecule has 2 rings (SSSR count). The second-order valence-electron chi connectivity index (χ2n) is 5.14. The minimum absolute atomic E-state index is 0.0789. The predicted molar refractivity (Wildman–Crippen MR) is 110 cm³/mol. The molecule has 4 nitrogen and oxygen atoms in total. The molecule has 1 unspecified atom stereocenters. The third kappa shape index (κ3) is 7.77. The molecule has 0 bridgehead atoms. The van der Waals surface area contributed by atoms with E-state index in [4.69, 9.17) is 11.5 Å². The van der Waals surface area contributed by atoms with Crippen molar-refractivity contribution in [2.24, 2.45) is 16.5 Å². The predicted octanol–water partition coefficient (Wildman–Crippen LogP) is 4.23. The number of para-hydroxylation sites is 2. The fraction of sp³-hybridized carbons (Fsp3) is 0.278. The average molecular weight is 361 g/mol. The van der Waals surface area contributed by atoms with Gasteiger partial charge in [0.25, 0.3) is 0 Å². The van der Waals surface area contributed by atoms with E-state index in [1.54, 1.807) is 23.5 Å². The van der Waals surface area contributed by atoms with E-state index in [0.717, 1.165) is 35.7 Å². The van der Waals surface area contributed by atoms with E-state index in [1.165, 1.54) is 0 Å². The maximum Gasteiger partial charge on any atom is 0.159 e. The van der Waals surface area contributed by atoms with Gasteiger partial charge in [0.2, 0.25) is 0 Å². The summed E-state index contributed by atoms with van der Waals surface area (Å²) in [7, 11) is 0. The van der Waals surface area contributed by atoms with Crippen molar-refractivity contribution < 1.29 is 0 Å². The highest BCUT2D eigenvalue weighted by atomic mass is 32.2. The molecular formula is C18H24N4S2. The molecule has 128 valence electrons. The van der Waals surface area contributed by atoms with Gasteiger partial charge in [-0.05, 0) is 42.9 Å². The van der Waals surface area contributed by atoms with Gasteiger partial charge in [0.15, 0.2) is 5.17 Å². The molecule has 0 radical (unpaired) electrons. The van der Waals surface area contributed by atoms with Crippen molar-refractivity contribution in [3.05, 3.63) is 60.7 Å². The van der Waals surface area contributed by atoms with Gasteiger partial charge in [0.05, 0.1) is 5.69 Å². The number of nitrogens with two attached hydrogens (primary N) is 2. The van der Waals surface area contributed by atoms with E-state index in [2.05, 4.69) is 10.3 Å². The zero-order valence-corrected chi connectivity index (χ0v) is 15.2. The number of thioether (sulfide) groups is 2. The van der Waals surface area contributed by atoms with Gasteiger partial charge < -0.3 is 16.8 Å². The molecule has 5 N–H and O–H groups in total. The van der Waals surface area contributed by atoms with Gasteiger partial charge in [-0.3, -0.25) is 0 Å². The van der Waals surface area contributed by atoms with Gasteiger partial charge in [-0.2, -0.15) is 0 Å². The number of nitrogens with zero attached hydrogens (tertiary/aromatic N) is 1. The average Bonchev–Trinajstić information content (AvgIpc) is 2.60. The zero-order valence-electron chi connectivity index (χ0n) is 13.6. The summed E-state index contributed by atoms with van der Waals surface area (Å²) in [4.78, 5) is 4.37. The first-order valence-corrected chi connectivity index (χ1v) is 9.98. The molecule has 0 heterocycles. The topological polar surface area (TPSA) is 76.4 Å². The lowest BCUT2D eigenvalue weighted by Crippen LogP contribution is -2.26. The third-order valence-corrected chi connectivity index (χ3v) is 5.05. The smallest absolute Gasteiger partial charge is 0.159 e. The van der Waals surface area contributed by atoms with Crippen LogP contribution in [0.15, 0.2) is 65.7 Å². The number of benzene rings is 2. The van der Waals surface area contributed by atoms with Crippen LogP contribution in [-0.4, -0.2) is 22.2 Å². The summed E-state index contributed by atoms with van der Waals surface area (Å²) < 4.78 is 0. The van der Waals surface area contributed by atoms with E-state index in [9.17, 15) is 0 Å². The van der Waals surface area contributed by atoms with Crippen molar-refractivity contribution in [2.75, 3.05) is 16.8 Å². The quantitative estimate of drug-likeness (QED) is 0.270. The van der Waals surface area contributed by atoms with Crippen LogP contribution in [0.2, 0.25) is 0 Å². The Balaban J connectivity index is 1.54. The maximum atomic E-state index is 6.06. The number of nitrogens with one attached hydrogen (secondary N) is 1. The molecular weight excluding hydrogens is 336 g/mol. The minimum atomic E-state index is -0.0789. The highest BCUT2D eigenvalue weighted by molar-refractivity contribution is 8.13. The van der Waals surface area contributed by atoms with E-state index in [0.29, 0.717) is 5.17 Å². The third-order valence-electron chi connectivity index (χ3n) is 3.16. The molecule has 0 aliphatic rings. The van der Waals surface area contributed by atoms with Crippen molar-refractivity contribution in [1.29, 1.82) is 0 Å². The number of rotatable bonds is 9. The lowest BCUT2D eigenvalue weighted by molar-refractivity contribution is 0.903. The fourth-order valence-corrected chi connectivity index (χ4v) is 3.57. The monoisotopic (exact) mass is 360 g/mol. The number of hydrogen-bond acceptors (Lipinski definition) is 5. The number of anilines is 1. The second-order valence-corrected chi connectivity index (χ2v) is 7.51.